The maximum atomic E-state index is 13.9. The molecule has 3 aliphatic rings. The van der Waals surface area contributed by atoms with Gasteiger partial charge in [0.15, 0.2) is 0 Å². The number of nitrogens with one attached hydrogen (secondary N) is 1. The molecule has 0 aromatic carbocycles. The molecule has 30 heavy (non-hydrogen) atoms. The molecule has 3 fully saturated rings. The molecule has 5 rings (SSSR count). The van der Waals surface area contributed by atoms with E-state index in [1.165, 1.54) is 10.6 Å². The summed E-state index contributed by atoms with van der Waals surface area (Å²) in [7, 11) is 0. The predicted octanol–water partition coefficient (Wildman–Crippen LogP) is 2.39. The van der Waals surface area contributed by atoms with Crippen LogP contribution in [0.4, 0.5) is 4.39 Å². The van der Waals surface area contributed by atoms with Crippen LogP contribution >= 0.6 is 11.8 Å². The third-order valence-electron chi connectivity index (χ3n) is 6.55. The fourth-order valence-corrected chi connectivity index (χ4v) is 5.92. The normalized spacial score (nSPS) is 26.8. The fourth-order valence-electron chi connectivity index (χ4n) is 4.72. The summed E-state index contributed by atoms with van der Waals surface area (Å²) in [6, 6.07) is 1.01. The lowest BCUT2D eigenvalue weighted by molar-refractivity contribution is -0.123. The Labute approximate surface area is 177 Å². The van der Waals surface area contributed by atoms with Gasteiger partial charge in [-0.2, -0.15) is 11.8 Å². The molecular formula is C21H25FN4O3S. The maximum absolute atomic E-state index is 13.9. The van der Waals surface area contributed by atoms with Crippen molar-refractivity contribution in [3.05, 3.63) is 38.9 Å². The molecule has 2 aromatic rings. The van der Waals surface area contributed by atoms with Crippen molar-refractivity contribution in [1.82, 2.24) is 19.4 Å². The molecule has 0 radical (unpaired) electrons. The summed E-state index contributed by atoms with van der Waals surface area (Å²) < 4.78 is 16.8. The molecule has 0 bridgehead atoms. The maximum Gasteiger partial charge on any atom is 0.333 e. The van der Waals surface area contributed by atoms with E-state index in [4.69, 9.17) is 0 Å². The van der Waals surface area contributed by atoms with Crippen LogP contribution in [0.1, 0.15) is 57.0 Å². The zero-order chi connectivity index (χ0) is 20.8. The summed E-state index contributed by atoms with van der Waals surface area (Å²) in [5.41, 5.74) is -0.528. The lowest BCUT2D eigenvalue weighted by Gasteiger charge is -2.30. The first-order valence-electron chi connectivity index (χ1n) is 10.7. The summed E-state index contributed by atoms with van der Waals surface area (Å²) in [6.45, 7) is 0. The average Bonchev–Trinajstić information content (AvgIpc) is 3.46. The van der Waals surface area contributed by atoms with Crippen LogP contribution < -0.4 is 16.6 Å². The third kappa shape index (κ3) is 3.57. The van der Waals surface area contributed by atoms with Gasteiger partial charge in [0.25, 0.3) is 5.56 Å². The molecule has 160 valence electrons. The number of thioether (sulfide) groups is 1. The van der Waals surface area contributed by atoms with Gasteiger partial charge in [-0.05, 0) is 56.8 Å². The molecule has 7 nitrogen and oxygen atoms in total. The second-order valence-electron chi connectivity index (χ2n) is 8.66. The van der Waals surface area contributed by atoms with Crippen LogP contribution in [0.15, 0.2) is 21.9 Å². The standard InChI is InChI=1S/C21H25FN4O3S/c22-13-9-17-18(23-10-13)25(16-7-8-30-11-16)21(29)26(20(17)28)15-5-3-14(4-6-15)24-19(27)12-1-2-12/h9-10,12,14-16H,1-8,11H2,(H,24,27). The van der Waals surface area contributed by atoms with E-state index in [1.54, 1.807) is 16.3 Å². The lowest BCUT2D eigenvalue weighted by Crippen LogP contribution is -2.46. The first kappa shape index (κ1) is 19.8. The number of pyridine rings is 1. The number of hydrogen-bond donors (Lipinski definition) is 1. The lowest BCUT2D eigenvalue weighted by atomic mass is 9.90. The summed E-state index contributed by atoms with van der Waals surface area (Å²) in [6.07, 6.45) is 6.57. The minimum atomic E-state index is -0.580. The highest BCUT2D eigenvalue weighted by molar-refractivity contribution is 7.99. The van der Waals surface area contributed by atoms with Gasteiger partial charge in [-0.15, -0.1) is 0 Å². The second kappa shape index (κ2) is 7.83. The van der Waals surface area contributed by atoms with Crippen LogP contribution in [0.2, 0.25) is 0 Å². The smallest absolute Gasteiger partial charge is 0.333 e. The molecule has 2 saturated carbocycles. The van der Waals surface area contributed by atoms with E-state index in [0.29, 0.717) is 12.8 Å². The van der Waals surface area contributed by atoms with Crippen molar-refractivity contribution < 1.29 is 9.18 Å². The number of hydrogen-bond acceptors (Lipinski definition) is 5. The van der Waals surface area contributed by atoms with E-state index in [2.05, 4.69) is 10.3 Å². The molecule has 1 amide bonds. The number of rotatable bonds is 4. The van der Waals surface area contributed by atoms with Gasteiger partial charge < -0.3 is 5.32 Å². The topological polar surface area (TPSA) is 86.0 Å². The van der Waals surface area contributed by atoms with E-state index in [1.807, 2.05) is 0 Å². The first-order valence-corrected chi connectivity index (χ1v) is 11.9. The monoisotopic (exact) mass is 432 g/mol. The summed E-state index contributed by atoms with van der Waals surface area (Å²) in [4.78, 5) is 42.8. The fraction of sp³-hybridized carbons (Fsp3) is 0.619. The average molecular weight is 433 g/mol. The summed E-state index contributed by atoms with van der Waals surface area (Å²) in [5, 5.41) is 3.27. The highest BCUT2D eigenvalue weighted by Crippen LogP contribution is 2.32. The Bertz CT molecular complexity index is 1100. The third-order valence-corrected chi connectivity index (χ3v) is 7.69. The van der Waals surface area contributed by atoms with Crippen LogP contribution in [0.3, 0.4) is 0 Å². The Morgan fingerprint density at radius 2 is 1.83 bits per heavy atom. The molecule has 1 unspecified atom stereocenters. The van der Waals surface area contributed by atoms with Crippen LogP contribution in [0, 0.1) is 11.7 Å². The van der Waals surface area contributed by atoms with Gasteiger partial charge in [-0.25, -0.2) is 14.2 Å². The highest BCUT2D eigenvalue weighted by Gasteiger charge is 2.33. The van der Waals surface area contributed by atoms with Gasteiger partial charge in [0.1, 0.15) is 11.5 Å². The van der Waals surface area contributed by atoms with Crippen molar-refractivity contribution in [2.75, 3.05) is 11.5 Å². The van der Waals surface area contributed by atoms with Gasteiger partial charge in [0, 0.05) is 23.8 Å². The predicted molar refractivity (Wildman–Crippen MR) is 113 cm³/mol. The molecule has 1 atom stereocenters. The molecule has 2 aliphatic carbocycles. The van der Waals surface area contributed by atoms with Crippen molar-refractivity contribution in [1.29, 1.82) is 0 Å². The molecule has 2 aromatic heterocycles. The van der Waals surface area contributed by atoms with Crippen molar-refractivity contribution in [2.24, 2.45) is 5.92 Å². The van der Waals surface area contributed by atoms with Gasteiger partial charge in [-0.3, -0.25) is 18.7 Å². The molecule has 1 aliphatic heterocycles. The SMILES string of the molecule is O=C(NC1CCC(n2c(=O)c3cc(F)cnc3n(C3CCSC3)c2=O)CC1)C1CC1. The largest absolute Gasteiger partial charge is 0.353 e. The van der Waals surface area contributed by atoms with Crippen molar-refractivity contribution >= 4 is 28.7 Å². The Morgan fingerprint density at radius 1 is 1.07 bits per heavy atom. The van der Waals surface area contributed by atoms with Gasteiger partial charge >= 0.3 is 5.69 Å². The van der Waals surface area contributed by atoms with Crippen LogP contribution in [0.5, 0.6) is 0 Å². The Kier molecular flexibility index (Phi) is 5.16. The first-order chi connectivity index (χ1) is 14.5. The van der Waals surface area contributed by atoms with E-state index in [-0.39, 0.29) is 46.7 Å². The van der Waals surface area contributed by atoms with Crippen LogP contribution in [-0.2, 0) is 4.79 Å². The number of carbonyl (C=O) groups is 1. The van der Waals surface area contributed by atoms with Crippen molar-refractivity contribution in [3.8, 4) is 0 Å². The van der Waals surface area contributed by atoms with Crippen molar-refractivity contribution in [3.63, 3.8) is 0 Å². The van der Waals surface area contributed by atoms with Crippen molar-refractivity contribution in [2.45, 2.75) is 63.1 Å². The Morgan fingerprint density at radius 3 is 2.50 bits per heavy atom. The molecule has 0 spiro atoms. The second-order valence-corrected chi connectivity index (χ2v) is 9.81. The van der Waals surface area contributed by atoms with Crippen LogP contribution in [0.25, 0.3) is 11.0 Å². The number of carbonyl (C=O) groups excluding carboxylic acids is 1. The summed E-state index contributed by atoms with van der Waals surface area (Å²) >= 11 is 1.77. The number of halogens is 1. The molecule has 1 N–H and O–H groups in total. The van der Waals surface area contributed by atoms with E-state index in [0.717, 1.165) is 49.8 Å². The summed E-state index contributed by atoms with van der Waals surface area (Å²) in [5.74, 6) is 1.45. The van der Waals surface area contributed by atoms with Gasteiger partial charge in [0.2, 0.25) is 5.91 Å². The molecular weight excluding hydrogens is 407 g/mol. The molecule has 1 saturated heterocycles. The minimum absolute atomic E-state index is 0.0380. The number of amides is 1. The molecule has 9 heteroatoms. The number of fused-ring (bicyclic) bond motifs is 1. The van der Waals surface area contributed by atoms with E-state index >= 15 is 0 Å². The molecule has 3 heterocycles. The van der Waals surface area contributed by atoms with E-state index < -0.39 is 11.4 Å². The Hall–Kier alpha value is -2.16. The van der Waals surface area contributed by atoms with Gasteiger partial charge in [-0.1, -0.05) is 0 Å². The quantitative estimate of drug-likeness (QED) is 0.802. The zero-order valence-corrected chi connectivity index (χ0v) is 17.5. The zero-order valence-electron chi connectivity index (χ0n) is 16.7. The number of aromatic nitrogens is 3. The Balaban J connectivity index is 1.49. The number of nitrogens with zero attached hydrogens (tertiary/aromatic N) is 3. The highest BCUT2D eigenvalue weighted by atomic mass is 32.2. The van der Waals surface area contributed by atoms with Crippen LogP contribution in [-0.4, -0.2) is 37.6 Å². The minimum Gasteiger partial charge on any atom is -0.353 e. The van der Waals surface area contributed by atoms with E-state index in [9.17, 15) is 18.8 Å². The van der Waals surface area contributed by atoms with Gasteiger partial charge in [0.05, 0.1) is 17.6 Å².